The minimum absolute atomic E-state index is 0.622. The summed E-state index contributed by atoms with van der Waals surface area (Å²) in [6.45, 7) is 1.90. The van der Waals surface area contributed by atoms with Gasteiger partial charge < -0.3 is 21.4 Å². The van der Waals surface area contributed by atoms with E-state index in [1.165, 1.54) is 17.6 Å². The molecule has 0 unspecified atom stereocenters. The van der Waals surface area contributed by atoms with Crippen molar-refractivity contribution in [3.63, 3.8) is 0 Å². The molecule has 0 atom stereocenters. The maximum absolute atomic E-state index is 7.38. The van der Waals surface area contributed by atoms with Gasteiger partial charge in [0.1, 0.15) is 10.8 Å². The van der Waals surface area contributed by atoms with Gasteiger partial charge in [0, 0.05) is 19.5 Å². The monoisotopic (exact) mass is 340 g/mol. The fourth-order valence-electron chi connectivity index (χ4n) is 2.04. The highest BCUT2D eigenvalue weighted by Crippen LogP contribution is 2.22. The highest BCUT2D eigenvalue weighted by Gasteiger charge is 2.05. The maximum Gasteiger partial charge on any atom is 0.211 e. The number of allylic oxidation sites excluding steroid dienone is 1. The number of aryl methyl sites for hydroxylation is 1. The highest BCUT2D eigenvalue weighted by atomic mass is 32.1. The van der Waals surface area contributed by atoms with Crippen LogP contribution in [0.4, 0.5) is 16.6 Å². The molecule has 0 spiro atoms. The normalized spacial score (nSPS) is 11.3. The van der Waals surface area contributed by atoms with Gasteiger partial charge in [-0.2, -0.15) is 0 Å². The van der Waals surface area contributed by atoms with Gasteiger partial charge >= 0.3 is 0 Å². The molecule has 9 heteroatoms. The van der Waals surface area contributed by atoms with Crippen molar-refractivity contribution in [2.45, 2.75) is 6.92 Å². The SMILES string of the molecule is CN/C=C(\C=N)Nc1cnc2ccc(Nc3nnc(C)s3)nc2c1. The van der Waals surface area contributed by atoms with Gasteiger partial charge in [0.05, 0.1) is 28.6 Å². The summed E-state index contributed by atoms with van der Waals surface area (Å²) in [4.78, 5) is 8.93. The quantitative estimate of drug-likeness (QED) is 0.510. The molecule has 0 amide bonds. The molecule has 0 aliphatic carbocycles. The number of aromatic nitrogens is 4. The van der Waals surface area contributed by atoms with Crippen molar-refractivity contribution in [1.29, 1.82) is 5.41 Å². The Morgan fingerprint density at radius 1 is 1.25 bits per heavy atom. The van der Waals surface area contributed by atoms with E-state index in [9.17, 15) is 0 Å². The first-order valence-corrected chi connectivity index (χ1v) is 7.98. The summed E-state index contributed by atoms with van der Waals surface area (Å²) in [6, 6.07) is 5.62. The zero-order chi connectivity index (χ0) is 16.9. The van der Waals surface area contributed by atoms with Crippen molar-refractivity contribution in [2.75, 3.05) is 17.7 Å². The Balaban J connectivity index is 1.87. The first-order chi connectivity index (χ1) is 11.7. The molecule has 4 N–H and O–H groups in total. The summed E-state index contributed by atoms with van der Waals surface area (Å²) < 4.78 is 0. The molecule has 0 aliphatic rings. The number of hydrogen-bond donors (Lipinski definition) is 4. The van der Waals surface area contributed by atoms with E-state index in [2.05, 4.69) is 36.1 Å². The minimum atomic E-state index is 0.622. The van der Waals surface area contributed by atoms with Crippen molar-refractivity contribution >= 4 is 45.2 Å². The number of pyridine rings is 2. The van der Waals surface area contributed by atoms with E-state index in [0.717, 1.165) is 21.7 Å². The lowest BCUT2D eigenvalue weighted by molar-refractivity contribution is 1.05. The van der Waals surface area contributed by atoms with Crippen LogP contribution < -0.4 is 16.0 Å². The molecule has 0 aliphatic heterocycles. The van der Waals surface area contributed by atoms with Crippen LogP contribution >= 0.6 is 11.3 Å². The molecule has 0 saturated heterocycles. The molecule has 3 aromatic heterocycles. The van der Waals surface area contributed by atoms with Crippen LogP contribution in [0.3, 0.4) is 0 Å². The van der Waals surface area contributed by atoms with Crippen molar-refractivity contribution in [2.24, 2.45) is 0 Å². The number of anilines is 3. The zero-order valence-corrected chi connectivity index (χ0v) is 14.0. The molecule has 3 aromatic rings. The van der Waals surface area contributed by atoms with Gasteiger partial charge in [-0.3, -0.25) is 4.98 Å². The number of nitrogens with one attached hydrogen (secondary N) is 4. The van der Waals surface area contributed by atoms with Crippen LogP contribution in [0.5, 0.6) is 0 Å². The largest absolute Gasteiger partial charge is 0.392 e. The Morgan fingerprint density at radius 2 is 2.12 bits per heavy atom. The standard InChI is InChI=1S/C15H16N8S/c1-9-22-23-15(24-9)21-14-4-3-12-13(20-14)5-10(8-18-12)19-11(6-16)7-17-2/h3-8,16-17,19H,1-2H3,(H,20,21,23)/b11-7+,16-6?. The third-order valence-corrected chi connectivity index (χ3v) is 3.80. The first kappa shape index (κ1) is 15.8. The average Bonchev–Trinajstić information content (AvgIpc) is 2.99. The molecule has 0 fully saturated rings. The van der Waals surface area contributed by atoms with E-state index in [1.54, 1.807) is 19.4 Å². The molecule has 122 valence electrons. The number of rotatable bonds is 6. The predicted octanol–water partition coefficient (Wildman–Crippen LogP) is 2.66. The molecule has 3 heterocycles. The van der Waals surface area contributed by atoms with E-state index in [4.69, 9.17) is 5.41 Å². The van der Waals surface area contributed by atoms with Crippen LogP contribution in [0.25, 0.3) is 11.0 Å². The van der Waals surface area contributed by atoms with Gasteiger partial charge in [-0.25, -0.2) is 4.98 Å². The summed E-state index contributed by atoms with van der Waals surface area (Å²) >= 11 is 1.47. The summed E-state index contributed by atoms with van der Waals surface area (Å²) in [5.74, 6) is 0.677. The molecular weight excluding hydrogens is 324 g/mol. The fraction of sp³-hybridized carbons (Fsp3) is 0.133. The van der Waals surface area contributed by atoms with Crippen LogP contribution in [0.1, 0.15) is 5.01 Å². The lowest BCUT2D eigenvalue weighted by Gasteiger charge is -2.08. The van der Waals surface area contributed by atoms with Crippen molar-refractivity contribution in [3.05, 3.63) is 41.3 Å². The summed E-state index contributed by atoms with van der Waals surface area (Å²) in [5, 5.41) is 26.1. The van der Waals surface area contributed by atoms with Gasteiger partial charge in [0.25, 0.3) is 0 Å². The summed E-state index contributed by atoms with van der Waals surface area (Å²) in [6.07, 6.45) is 4.63. The van der Waals surface area contributed by atoms with Gasteiger partial charge in [-0.1, -0.05) is 11.3 Å². The van der Waals surface area contributed by atoms with Crippen molar-refractivity contribution in [3.8, 4) is 0 Å². The van der Waals surface area contributed by atoms with Crippen LogP contribution in [0, 0.1) is 12.3 Å². The molecule has 0 saturated carbocycles. The molecule has 0 aromatic carbocycles. The summed E-state index contributed by atoms with van der Waals surface area (Å²) in [5.41, 5.74) is 2.90. The highest BCUT2D eigenvalue weighted by molar-refractivity contribution is 7.15. The van der Waals surface area contributed by atoms with Crippen molar-refractivity contribution < 1.29 is 0 Å². The molecule has 3 rings (SSSR count). The third kappa shape index (κ3) is 3.63. The number of nitrogens with zero attached hydrogens (tertiary/aromatic N) is 4. The van der Waals surface area contributed by atoms with Gasteiger partial charge in [-0.15, -0.1) is 10.2 Å². The minimum Gasteiger partial charge on any atom is -0.392 e. The van der Waals surface area contributed by atoms with Crippen LogP contribution in [0.15, 0.2) is 36.3 Å². The van der Waals surface area contributed by atoms with Gasteiger partial charge in [0.2, 0.25) is 5.13 Å². The van der Waals surface area contributed by atoms with E-state index in [0.29, 0.717) is 16.6 Å². The zero-order valence-electron chi connectivity index (χ0n) is 13.2. The predicted molar refractivity (Wildman–Crippen MR) is 97.0 cm³/mol. The smallest absolute Gasteiger partial charge is 0.211 e. The fourth-order valence-corrected chi connectivity index (χ4v) is 2.64. The second-order valence-electron chi connectivity index (χ2n) is 4.87. The Kier molecular flexibility index (Phi) is 4.62. The van der Waals surface area contributed by atoms with Gasteiger partial charge in [0.15, 0.2) is 0 Å². The van der Waals surface area contributed by atoms with E-state index >= 15 is 0 Å². The topological polar surface area (TPSA) is 112 Å². The van der Waals surface area contributed by atoms with E-state index in [1.807, 2.05) is 25.1 Å². The molecular formula is C15H16N8S. The lowest BCUT2D eigenvalue weighted by Crippen LogP contribution is -2.06. The number of fused-ring (bicyclic) bond motifs is 1. The Hall–Kier alpha value is -3.07. The summed E-state index contributed by atoms with van der Waals surface area (Å²) in [7, 11) is 1.78. The third-order valence-electron chi connectivity index (χ3n) is 3.04. The Bertz CT molecular complexity index is 901. The lowest BCUT2D eigenvalue weighted by atomic mass is 10.3. The average molecular weight is 340 g/mol. The molecule has 0 bridgehead atoms. The van der Waals surface area contributed by atoms with Crippen LogP contribution in [0.2, 0.25) is 0 Å². The second-order valence-corrected chi connectivity index (χ2v) is 6.05. The second kappa shape index (κ2) is 7.01. The molecule has 0 radical (unpaired) electrons. The first-order valence-electron chi connectivity index (χ1n) is 7.17. The number of hydrogen-bond acceptors (Lipinski definition) is 9. The van der Waals surface area contributed by atoms with Gasteiger partial charge in [-0.05, 0) is 25.1 Å². The molecule has 8 nitrogen and oxygen atoms in total. The van der Waals surface area contributed by atoms with Crippen molar-refractivity contribution in [1.82, 2.24) is 25.5 Å². The van der Waals surface area contributed by atoms with Crippen LogP contribution in [-0.4, -0.2) is 33.4 Å². The van der Waals surface area contributed by atoms with Crippen LogP contribution in [-0.2, 0) is 0 Å². The molecule has 24 heavy (non-hydrogen) atoms. The Labute approximate surface area is 142 Å². The van der Waals surface area contributed by atoms with E-state index in [-0.39, 0.29) is 0 Å². The van der Waals surface area contributed by atoms with E-state index < -0.39 is 0 Å². The maximum atomic E-state index is 7.38. The Morgan fingerprint density at radius 3 is 2.83 bits per heavy atom.